The molecule has 31 heavy (non-hydrogen) atoms. The molecule has 0 bridgehead atoms. The van der Waals surface area contributed by atoms with Gasteiger partial charge in [0.2, 0.25) is 16.0 Å². The van der Waals surface area contributed by atoms with Crippen molar-refractivity contribution in [2.75, 3.05) is 38.8 Å². The zero-order valence-corrected chi connectivity index (χ0v) is 19.4. The van der Waals surface area contributed by atoms with Gasteiger partial charge in [0.15, 0.2) is 0 Å². The smallest absolute Gasteiger partial charge is 0.270 e. The summed E-state index contributed by atoms with van der Waals surface area (Å²) in [7, 11) is 0.326. The van der Waals surface area contributed by atoms with Crippen LogP contribution in [0.4, 0.5) is 5.95 Å². The number of sulfonamides is 1. The summed E-state index contributed by atoms with van der Waals surface area (Å²) in [4.78, 5) is 23.4. The number of aromatic nitrogens is 3. The molecular weight excluding hydrogens is 416 g/mol. The first kappa shape index (κ1) is 23.2. The Balaban J connectivity index is 0.00000363. The van der Waals surface area contributed by atoms with Gasteiger partial charge in [-0.1, -0.05) is 6.08 Å². The van der Waals surface area contributed by atoms with Gasteiger partial charge in [0.25, 0.3) is 5.91 Å². The fraction of sp³-hybridized carbons (Fsp3) is 0.571. The highest BCUT2D eigenvalue weighted by atomic mass is 32.2. The Hall–Kier alpha value is -2.46. The molecule has 0 atom stereocenters. The molecule has 10 heteroatoms. The maximum absolute atomic E-state index is 12.7. The van der Waals surface area contributed by atoms with E-state index in [4.69, 9.17) is 4.98 Å². The molecule has 1 amide bonds. The molecule has 0 aromatic carbocycles. The van der Waals surface area contributed by atoms with Crippen molar-refractivity contribution in [1.29, 1.82) is 0 Å². The topological polar surface area (TPSA) is 100 Å². The number of amides is 1. The summed E-state index contributed by atoms with van der Waals surface area (Å²) in [5, 5.41) is 4.17. The summed E-state index contributed by atoms with van der Waals surface area (Å²) in [5.41, 5.74) is 1.33. The van der Waals surface area contributed by atoms with Gasteiger partial charge in [-0.25, -0.2) is 17.7 Å². The first-order chi connectivity index (χ1) is 14.7. The SMILES string of the molecule is C=CCCCCn1c(C(=O)N(C)C)cc2cnc(NC3CCN(S(C)(=O)=O)CC3)nc21.[HH]. The quantitative estimate of drug-likeness (QED) is 0.466. The van der Waals surface area contributed by atoms with Crippen molar-refractivity contribution < 1.29 is 14.6 Å². The first-order valence-electron chi connectivity index (χ1n) is 10.6. The van der Waals surface area contributed by atoms with Crippen LogP contribution < -0.4 is 5.32 Å². The summed E-state index contributed by atoms with van der Waals surface area (Å²) in [6, 6.07) is 1.95. The summed E-state index contributed by atoms with van der Waals surface area (Å²) >= 11 is 0. The zero-order valence-electron chi connectivity index (χ0n) is 18.5. The molecule has 0 radical (unpaired) electrons. The van der Waals surface area contributed by atoms with Crippen LogP contribution >= 0.6 is 0 Å². The predicted molar refractivity (Wildman–Crippen MR) is 125 cm³/mol. The number of nitrogens with one attached hydrogen (secondary N) is 1. The van der Waals surface area contributed by atoms with Crippen molar-refractivity contribution >= 4 is 32.9 Å². The molecule has 1 aliphatic heterocycles. The number of hydrogen-bond acceptors (Lipinski definition) is 6. The molecule has 1 saturated heterocycles. The van der Waals surface area contributed by atoms with Gasteiger partial charge >= 0.3 is 0 Å². The Bertz CT molecular complexity index is 1050. The number of rotatable bonds is 9. The minimum atomic E-state index is -3.15. The highest BCUT2D eigenvalue weighted by Crippen LogP contribution is 2.22. The number of allylic oxidation sites excluding steroid dienone is 1. The monoisotopic (exact) mass is 450 g/mol. The lowest BCUT2D eigenvalue weighted by Gasteiger charge is -2.30. The van der Waals surface area contributed by atoms with E-state index in [9.17, 15) is 13.2 Å². The van der Waals surface area contributed by atoms with Crippen LogP contribution in [-0.2, 0) is 16.6 Å². The molecule has 2 aromatic rings. The molecule has 9 nitrogen and oxygen atoms in total. The molecular formula is C21H34N6O3S. The number of piperidine rings is 1. The minimum Gasteiger partial charge on any atom is -0.351 e. The van der Waals surface area contributed by atoms with E-state index in [1.54, 1.807) is 25.2 Å². The van der Waals surface area contributed by atoms with Crippen LogP contribution in [-0.4, -0.2) is 77.5 Å². The molecule has 0 saturated carbocycles. The summed E-state index contributed by atoms with van der Waals surface area (Å²) < 4.78 is 26.9. The van der Waals surface area contributed by atoms with Crippen molar-refractivity contribution in [2.45, 2.75) is 44.7 Å². The van der Waals surface area contributed by atoms with Gasteiger partial charge in [0, 0.05) is 52.8 Å². The van der Waals surface area contributed by atoms with Crippen molar-refractivity contribution in [2.24, 2.45) is 0 Å². The third-order valence-corrected chi connectivity index (χ3v) is 6.86. The zero-order chi connectivity index (χ0) is 22.6. The highest BCUT2D eigenvalue weighted by molar-refractivity contribution is 7.88. The van der Waals surface area contributed by atoms with Gasteiger partial charge in [-0.3, -0.25) is 4.79 Å². The summed E-state index contributed by atoms with van der Waals surface area (Å²) in [6.45, 7) is 5.43. The number of carbonyl (C=O) groups is 1. The van der Waals surface area contributed by atoms with E-state index in [2.05, 4.69) is 16.9 Å². The van der Waals surface area contributed by atoms with Crippen LogP contribution in [0.5, 0.6) is 0 Å². The van der Waals surface area contributed by atoms with Gasteiger partial charge in [0.1, 0.15) is 11.3 Å². The lowest BCUT2D eigenvalue weighted by atomic mass is 10.1. The lowest BCUT2D eigenvalue weighted by Crippen LogP contribution is -2.42. The molecule has 3 rings (SSSR count). The minimum absolute atomic E-state index is 0. The van der Waals surface area contributed by atoms with Crippen LogP contribution in [0.2, 0.25) is 0 Å². The van der Waals surface area contributed by atoms with Crippen molar-refractivity contribution in [3.63, 3.8) is 0 Å². The standard InChI is InChI=1S/C21H32N6O3S.H2/c1-5-6-7-8-11-27-18(20(28)25(2)3)14-16-15-22-21(24-19(16)27)23-17-9-12-26(13-10-17)31(4,29)30;/h5,14-15,17H,1,6-13H2,2-4H3,(H,22,23,24);1H. The molecule has 3 heterocycles. The second-order valence-corrected chi connectivity index (χ2v) is 10.2. The molecule has 0 unspecified atom stereocenters. The third kappa shape index (κ3) is 5.62. The Kier molecular flexibility index (Phi) is 7.32. The molecule has 2 aromatic heterocycles. The second kappa shape index (κ2) is 9.78. The maximum Gasteiger partial charge on any atom is 0.270 e. The van der Waals surface area contributed by atoms with Crippen molar-refractivity contribution in [3.05, 3.63) is 30.6 Å². The van der Waals surface area contributed by atoms with Crippen LogP contribution in [0.15, 0.2) is 24.9 Å². The molecule has 1 N–H and O–H groups in total. The number of nitrogens with zero attached hydrogens (tertiary/aromatic N) is 5. The number of aryl methyl sites for hydroxylation is 1. The average Bonchev–Trinajstić information content (AvgIpc) is 3.08. The van der Waals surface area contributed by atoms with E-state index in [1.807, 2.05) is 16.7 Å². The van der Waals surface area contributed by atoms with Gasteiger partial charge in [-0.05, 0) is 38.2 Å². The first-order valence-corrected chi connectivity index (χ1v) is 12.5. The predicted octanol–water partition coefficient (Wildman–Crippen LogP) is 2.57. The number of carbonyl (C=O) groups excluding carboxylic acids is 1. The Labute approximate surface area is 185 Å². The Morgan fingerprint density at radius 1 is 1.35 bits per heavy atom. The Morgan fingerprint density at radius 3 is 2.68 bits per heavy atom. The number of anilines is 1. The largest absolute Gasteiger partial charge is 0.351 e. The van der Waals surface area contributed by atoms with E-state index in [1.165, 1.54) is 10.6 Å². The second-order valence-electron chi connectivity index (χ2n) is 8.22. The van der Waals surface area contributed by atoms with E-state index in [0.717, 1.165) is 30.3 Å². The van der Waals surface area contributed by atoms with Crippen LogP contribution in [0.1, 0.15) is 44.0 Å². The van der Waals surface area contributed by atoms with E-state index in [0.29, 0.717) is 44.1 Å². The number of unbranched alkanes of at least 4 members (excludes halogenated alkanes) is 2. The maximum atomic E-state index is 12.7. The van der Waals surface area contributed by atoms with Crippen molar-refractivity contribution in [3.8, 4) is 0 Å². The lowest BCUT2D eigenvalue weighted by molar-refractivity contribution is 0.0817. The molecule has 1 fully saturated rings. The van der Waals surface area contributed by atoms with E-state index in [-0.39, 0.29) is 13.4 Å². The van der Waals surface area contributed by atoms with Crippen LogP contribution in [0.25, 0.3) is 11.0 Å². The summed E-state index contributed by atoms with van der Waals surface area (Å²) in [6.07, 6.45) is 9.12. The molecule has 172 valence electrons. The number of hydrogen-bond donors (Lipinski definition) is 1. The van der Waals surface area contributed by atoms with E-state index >= 15 is 0 Å². The van der Waals surface area contributed by atoms with Crippen LogP contribution in [0.3, 0.4) is 0 Å². The normalized spacial score (nSPS) is 15.8. The van der Waals surface area contributed by atoms with E-state index < -0.39 is 10.0 Å². The fourth-order valence-corrected chi connectivity index (χ4v) is 4.69. The average molecular weight is 451 g/mol. The summed E-state index contributed by atoms with van der Waals surface area (Å²) in [5.74, 6) is 0.434. The molecule has 0 spiro atoms. The van der Waals surface area contributed by atoms with Gasteiger partial charge < -0.3 is 14.8 Å². The molecule has 1 aliphatic rings. The Morgan fingerprint density at radius 2 is 2.06 bits per heavy atom. The van der Waals surface area contributed by atoms with Gasteiger partial charge in [0.05, 0.1) is 6.26 Å². The van der Waals surface area contributed by atoms with Crippen molar-refractivity contribution in [1.82, 2.24) is 23.7 Å². The highest BCUT2D eigenvalue weighted by Gasteiger charge is 2.25. The van der Waals surface area contributed by atoms with Gasteiger partial charge in [-0.15, -0.1) is 6.58 Å². The molecule has 0 aliphatic carbocycles. The van der Waals surface area contributed by atoms with Gasteiger partial charge in [-0.2, -0.15) is 4.98 Å². The van der Waals surface area contributed by atoms with Crippen LogP contribution in [0, 0.1) is 0 Å². The fourth-order valence-electron chi connectivity index (χ4n) is 3.81. The third-order valence-electron chi connectivity index (χ3n) is 5.56. The number of fused-ring (bicyclic) bond motifs is 1.